The van der Waals surface area contributed by atoms with Crippen LogP contribution in [0.15, 0.2) is 59.7 Å². The van der Waals surface area contributed by atoms with Gasteiger partial charge < -0.3 is 5.32 Å². The Bertz CT molecular complexity index is 624. The molecule has 0 unspecified atom stereocenters. The van der Waals surface area contributed by atoms with E-state index >= 15 is 0 Å². The summed E-state index contributed by atoms with van der Waals surface area (Å²) in [5.74, 6) is -0.202. The van der Waals surface area contributed by atoms with Crippen LogP contribution in [0.25, 0.3) is 0 Å². The third kappa shape index (κ3) is 4.93. The second-order valence-corrected chi connectivity index (χ2v) is 4.90. The smallest absolute Gasteiger partial charge is 0.259 e. The highest BCUT2D eigenvalue weighted by Crippen LogP contribution is 2.10. The van der Waals surface area contributed by atoms with Crippen molar-refractivity contribution in [2.45, 2.75) is 6.92 Å². The van der Waals surface area contributed by atoms with E-state index in [0.29, 0.717) is 5.02 Å². The Morgan fingerprint density at radius 1 is 1.10 bits per heavy atom. The minimum atomic E-state index is -0.202. The lowest BCUT2D eigenvalue weighted by atomic mass is 10.1. The van der Waals surface area contributed by atoms with Crippen molar-refractivity contribution in [3.8, 4) is 0 Å². The van der Waals surface area contributed by atoms with Crippen LogP contribution >= 0.6 is 11.6 Å². The largest absolute Gasteiger partial charge is 0.376 e. The Labute approximate surface area is 128 Å². The first-order valence-electron chi connectivity index (χ1n) is 6.53. The van der Waals surface area contributed by atoms with Crippen LogP contribution in [-0.4, -0.2) is 18.2 Å². The van der Waals surface area contributed by atoms with E-state index in [4.69, 9.17) is 11.6 Å². The quantitative estimate of drug-likeness (QED) is 0.658. The Morgan fingerprint density at radius 3 is 2.43 bits per heavy atom. The predicted octanol–water partition coefficient (Wildman–Crippen LogP) is 3.29. The van der Waals surface area contributed by atoms with E-state index < -0.39 is 0 Å². The number of carbonyl (C=O) groups excluding carboxylic acids is 1. The molecule has 0 aromatic heterocycles. The summed E-state index contributed by atoms with van der Waals surface area (Å²) < 4.78 is 0. The van der Waals surface area contributed by atoms with Crippen LogP contribution in [0, 0.1) is 0 Å². The van der Waals surface area contributed by atoms with Crippen LogP contribution in [0.4, 0.5) is 5.69 Å². The van der Waals surface area contributed by atoms with Gasteiger partial charge in [0.25, 0.3) is 5.91 Å². The Balaban J connectivity index is 1.85. The molecule has 0 fully saturated rings. The van der Waals surface area contributed by atoms with Gasteiger partial charge in [-0.05, 0) is 36.8 Å². The van der Waals surface area contributed by atoms with Crippen LogP contribution in [0.3, 0.4) is 0 Å². The predicted molar refractivity (Wildman–Crippen MR) is 86.7 cm³/mol. The maximum absolute atomic E-state index is 11.7. The molecule has 1 amide bonds. The number of carbonyl (C=O) groups is 1. The molecule has 2 N–H and O–H groups in total. The molecule has 5 heteroatoms. The minimum absolute atomic E-state index is 0.168. The number of hydrogen-bond acceptors (Lipinski definition) is 3. The van der Waals surface area contributed by atoms with Gasteiger partial charge in [-0.2, -0.15) is 5.10 Å². The van der Waals surface area contributed by atoms with Crippen molar-refractivity contribution in [2.75, 3.05) is 11.9 Å². The minimum Gasteiger partial charge on any atom is -0.376 e. The van der Waals surface area contributed by atoms with E-state index in [-0.39, 0.29) is 12.5 Å². The van der Waals surface area contributed by atoms with Crippen LogP contribution < -0.4 is 10.7 Å². The number of hydrazone groups is 1. The van der Waals surface area contributed by atoms with Gasteiger partial charge in [0.15, 0.2) is 0 Å². The highest BCUT2D eigenvalue weighted by molar-refractivity contribution is 6.30. The fourth-order valence-electron chi connectivity index (χ4n) is 1.68. The monoisotopic (exact) mass is 301 g/mol. The summed E-state index contributed by atoms with van der Waals surface area (Å²) in [7, 11) is 0. The van der Waals surface area contributed by atoms with Crippen molar-refractivity contribution in [3.63, 3.8) is 0 Å². The number of nitrogens with one attached hydrogen (secondary N) is 2. The van der Waals surface area contributed by atoms with Crippen molar-refractivity contribution in [3.05, 3.63) is 65.2 Å². The topological polar surface area (TPSA) is 53.5 Å². The van der Waals surface area contributed by atoms with Crippen molar-refractivity contribution in [1.29, 1.82) is 0 Å². The molecule has 0 aliphatic rings. The maximum Gasteiger partial charge on any atom is 0.259 e. The Kier molecular flexibility index (Phi) is 5.35. The van der Waals surface area contributed by atoms with Crippen molar-refractivity contribution in [1.82, 2.24) is 5.43 Å². The molecule has 2 aromatic rings. The molecule has 0 aliphatic heterocycles. The summed E-state index contributed by atoms with van der Waals surface area (Å²) in [6, 6.07) is 16.8. The fourth-order valence-corrected chi connectivity index (χ4v) is 1.81. The third-order valence-electron chi connectivity index (χ3n) is 2.84. The fraction of sp³-hybridized carbons (Fsp3) is 0.125. The normalized spacial score (nSPS) is 11.0. The molecule has 0 saturated carbocycles. The maximum atomic E-state index is 11.7. The number of amides is 1. The SMILES string of the molecule is C/C(=N\NC(=O)CNc1ccccc1)c1ccc(Cl)cc1. The second-order valence-electron chi connectivity index (χ2n) is 4.46. The number of para-hydroxylation sites is 1. The van der Waals surface area contributed by atoms with Gasteiger partial charge in [0.1, 0.15) is 0 Å². The van der Waals surface area contributed by atoms with E-state index in [0.717, 1.165) is 17.0 Å². The molecular weight excluding hydrogens is 286 g/mol. The molecule has 21 heavy (non-hydrogen) atoms. The molecule has 0 spiro atoms. The molecule has 2 rings (SSSR count). The molecule has 0 bridgehead atoms. The van der Waals surface area contributed by atoms with Crippen LogP contribution in [0.2, 0.25) is 5.02 Å². The molecule has 0 saturated heterocycles. The zero-order chi connectivity index (χ0) is 15.1. The van der Waals surface area contributed by atoms with Gasteiger partial charge in [-0.3, -0.25) is 4.79 Å². The molecular formula is C16H16ClN3O. The number of anilines is 1. The zero-order valence-corrected chi connectivity index (χ0v) is 12.4. The number of nitrogens with zero attached hydrogens (tertiary/aromatic N) is 1. The van der Waals surface area contributed by atoms with Gasteiger partial charge >= 0.3 is 0 Å². The van der Waals surface area contributed by atoms with Gasteiger partial charge in [-0.1, -0.05) is 41.9 Å². The van der Waals surface area contributed by atoms with Crippen LogP contribution in [0.1, 0.15) is 12.5 Å². The van der Waals surface area contributed by atoms with Gasteiger partial charge in [-0.15, -0.1) is 0 Å². The van der Waals surface area contributed by atoms with E-state index in [1.165, 1.54) is 0 Å². The van der Waals surface area contributed by atoms with Gasteiger partial charge in [0.2, 0.25) is 0 Å². The van der Waals surface area contributed by atoms with E-state index in [1.54, 1.807) is 12.1 Å². The number of hydrogen-bond donors (Lipinski definition) is 2. The lowest BCUT2D eigenvalue weighted by Crippen LogP contribution is -2.26. The van der Waals surface area contributed by atoms with E-state index in [9.17, 15) is 4.79 Å². The summed E-state index contributed by atoms with van der Waals surface area (Å²) in [6.07, 6.45) is 0. The summed E-state index contributed by atoms with van der Waals surface area (Å²) in [5, 5.41) is 7.76. The van der Waals surface area contributed by atoms with E-state index in [2.05, 4.69) is 15.8 Å². The molecule has 2 aromatic carbocycles. The molecule has 0 aliphatic carbocycles. The van der Waals surface area contributed by atoms with Crippen molar-refractivity contribution in [2.24, 2.45) is 5.10 Å². The highest BCUT2D eigenvalue weighted by Gasteiger charge is 2.01. The number of benzene rings is 2. The number of rotatable bonds is 5. The summed E-state index contributed by atoms with van der Waals surface area (Å²) in [6.45, 7) is 2.00. The average molecular weight is 302 g/mol. The summed E-state index contributed by atoms with van der Waals surface area (Å²) >= 11 is 5.83. The lowest BCUT2D eigenvalue weighted by Gasteiger charge is -2.06. The standard InChI is InChI=1S/C16H16ClN3O/c1-12(13-7-9-14(17)10-8-13)19-20-16(21)11-18-15-5-3-2-4-6-15/h2-10,18H,11H2,1H3,(H,20,21)/b19-12+. The summed E-state index contributed by atoms with van der Waals surface area (Å²) in [4.78, 5) is 11.7. The van der Waals surface area contributed by atoms with Crippen LogP contribution in [-0.2, 0) is 4.79 Å². The summed E-state index contributed by atoms with van der Waals surface area (Å²) in [5.41, 5.74) is 5.05. The molecule has 108 valence electrons. The van der Waals surface area contributed by atoms with Crippen molar-refractivity contribution < 1.29 is 4.79 Å². The van der Waals surface area contributed by atoms with Crippen LogP contribution in [0.5, 0.6) is 0 Å². The van der Waals surface area contributed by atoms with Gasteiger partial charge in [0, 0.05) is 10.7 Å². The third-order valence-corrected chi connectivity index (χ3v) is 3.09. The van der Waals surface area contributed by atoms with Gasteiger partial charge in [0.05, 0.1) is 12.3 Å². The zero-order valence-electron chi connectivity index (χ0n) is 11.6. The van der Waals surface area contributed by atoms with Crippen molar-refractivity contribution >= 4 is 28.9 Å². The first kappa shape index (κ1) is 15.1. The molecule has 0 radical (unpaired) electrons. The van der Waals surface area contributed by atoms with E-state index in [1.807, 2.05) is 49.4 Å². The Morgan fingerprint density at radius 2 is 1.76 bits per heavy atom. The Hall–Kier alpha value is -2.33. The lowest BCUT2D eigenvalue weighted by molar-refractivity contribution is -0.119. The van der Waals surface area contributed by atoms with Gasteiger partial charge in [-0.25, -0.2) is 5.43 Å². The second kappa shape index (κ2) is 7.45. The first-order chi connectivity index (χ1) is 10.1. The molecule has 0 heterocycles. The first-order valence-corrected chi connectivity index (χ1v) is 6.91. The molecule has 4 nitrogen and oxygen atoms in total. The highest BCUT2D eigenvalue weighted by atomic mass is 35.5. The average Bonchev–Trinajstić information content (AvgIpc) is 2.52. The number of halogens is 1. The molecule has 0 atom stereocenters.